The molecule has 2 aromatic carbocycles. The molecule has 128 valence electrons. The van der Waals surface area contributed by atoms with Crippen LogP contribution in [0.25, 0.3) is 6.08 Å². The number of aromatic hydroxyl groups is 1. The van der Waals surface area contributed by atoms with Gasteiger partial charge in [0.2, 0.25) is 0 Å². The Bertz CT molecular complexity index is 865. The second-order valence-corrected chi connectivity index (χ2v) is 6.52. The van der Waals surface area contributed by atoms with Crippen LogP contribution in [0.5, 0.6) is 11.5 Å². The van der Waals surface area contributed by atoms with Crippen LogP contribution in [-0.2, 0) is 0 Å². The highest BCUT2D eigenvalue weighted by atomic mass is 16.5. The third-order valence-corrected chi connectivity index (χ3v) is 3.92. The zero-order chi connectivity index (χ0) is 18.0. The van der Waals surface area contributed by atoms with Gasteiger partial charge in [0.1, 0.15) is 17.1 Å². The van der Waals surface area contributed by atoms with Gasteiger partial charge in [-0.3, -0.25) is 4.79 Å². The Morgan fingerprint density at radius 1 is 1.20 bits per heavy atom. The number of rotatable bonds is 3. The lowest BCUT2D eigenvalue weighted by molar-refractivity contribution is 0.0955. The molecule has 0 aromatic heterocycles. The van der Waals surface area contributed by atoms with Crippen LogP contribution >= 0.6 is 0 Å². The van der Waals surface area contributed by atoms with Crippen LogP contribution in [0, 0.1) is 6.92 Å². The van der Waals surface area contributed by atoms with Gasteiger partial charge in [-0.05, 0) is 57.2 Å². The van der Waals surface area contributed by atoms with Crippen LogP contribution in [0.1, 0.15) is 40.9 Å². The van der Waals surface area contributed by atoms with Crippen molar-refractivity contribution >= 4 is 18.2 Å². The quantitative estimate of drug-likeness (QED) is 0.664. The van der Waals surface area contributed by atoms with Gasteiger partial charge in [0, 0.05) is 11.1 Å². The van der Waals surface area contributed by atoms with Crippen molar-refractivity contribution in [3.05, 3.63) is 64.7 Å². The Morgan fingerprint density at radius 3 is 2.64 bits per heavy atom. The number of benzene rings is 2. The maximum absolute atomic E-state index is 12.0. The second-order valence-electron chi connectivity index (χ2n) is 6.52. The topological polar surface area (TPSA) is 70.9 Å². The highest BCUT2D eigenvalue weighted by molar-refractivity contribution is 5.95. The van der Waals surface area contributed by atoms with Crippen molar-refractivity contribution in [2.45, 2.75) is 26.4 Å². The van der Waals surface area contributed by atoms with Crippen molar-refractivity contribution in [2.75, 3.05) is 0 Å². The minimum Gasteiger partial charge on any atom is -0.506 e. The Balaban J connectivity index is 1.74. The first-order valence-corrected chi connectivity index (χ1v) is 8.00. The molecule has 2 aromatic rings. The summed E-state index contributed by atoms with van der Waals surface area (Å²) in [4.78, 5) is 12.0. The molecule has 0 spiro atoms. The third-order valence-electron chi connectivity index (χ3n) is 3.92. The normalized spacial score (nSPS) is 14.8. The Labute approximate surface area is 146 Å². The van der Waals surface area contributed by atoms with Gasteiger partial charge in [-0.25, -0.2) is 5.43 Å². The van der Waals surface area contributed by atoms with E-state index >= 15 is 0 Å². The van der Waals surface area contributed by atoms with Crippen LogP contribution in [0.2, 0.25) is 0 Å². The van der Waals surface area contributed by atoms with E-state index in [0.717, 1.165) is 5.56 Å². The van der Waals surface area contributed by atoms with Crippen molar-refractivity contribution in [1.82, 2.24) is 5.43 Å². The van der Waals surface area contributed by atoms with Crippen LogP contribution in [0.15, 0.2) is 47.6 Å². The molecule has 0 saturated heterocycles. The van der Waals surface area contributed by atoms with E-state index < -0.39 is 5.60 Å². The van der Waals surface area contributed by atoms with Crippen LogP contribution < -0.4 is 10.2 Å². The van der Waals surface area contributed by atoms with Crippen molar-refractivity contribution in [2.24, 2.45) is 5.10 Å². The number of phenols is 1. The van der Waals surface area contributed by atoms with Crippen LogP contribution in [0.4, 0.5) is 0 Å². The maximum atomic E-state index is 12.0. The number of hydrogen-bond donors (Lipinski definition) is 2. The fourth-order valence-electron chi connectivity index (χ4n) is 2.49. The van der Waals surface area contributed by atoms with Crippen molar-refractivity contribution in [3.8, 4) is 11.5 Å². The van der Waals surface area contributed by atoms with Crippen LogP contribution in [0.3, 0.4) is 0 Å². The standard InChI is InChI=1S/C20H20N2O3/c1-13-4-6-14(7-5-13)19(24)22-21-12-15-8-9-17-16(18(15)23)10-11-20(2,3)25-17/h4-12,23H,1-3H3,(H,22,24)/b21-12+. The first kappa shape index (κ1) is 16.8. The molecule has 0 radical (unpaired) electrons. The van der Waals surface area contributed by atoms with E-state index in [1.54, 1.807) is 24.3 Å². The van der Waals surface area contributed by atoms with Gasteiger partial charge in [0.25, 0.3) is 5.91 Å². The number of aryl methyl sites for hydroxylation is 1. The second kappa shape index (κ2) is 6.43. The Hall–Kier alpha value is -3.08. The highest BCUT2D eigenvalue weighted by Crippen LogP contribution is 2.37. The molecule has 25 heavy (non-hydrogen) atoms. The third kappa shape index (κ3) is 3.71. The van der Waals surface area contributed by atoms with Gasteiger partial charge in [-0.1, -0.05) is 17.7 Å². The zero-order valence-corrected chi connectivity index (χ0v) is 14.4. The van der Waals surface area contributed by atoms with E-state index in [-0.39, 0.29) is 11.7 Å². The maximum Gasteiger partial charge on any atom is 0.271 e. The predicted octanol–water partition coefficient (Wildman–Crippen LogP) is 3.65. The van der Waals surface area contributed by atoms with Gasteiger partial charge >= 0.3 is 0 Å². The lowest BCUT2D eigenvalue weighted by Crippen LogP contribution is -2.27. The van der Waals surface area contributed by atoms with Gasteiger partial charge in [-0.15, -0.1) is 0 Å². The average molecular weight is 336 g/mol. The summed E-state index contributed by atoms with van der Waals surface area (Å²) in [6.07, 6.45) is 5.13. The van der Waals surface area contributed by atoms with E-state index in [0.29, 0.717) is 22.4 Å². The first-order valence-electron chi connectivity index (χ1n) is 8.00. The predicted molar refractivity (Wildman–Crippen MR) is 98.1 cm³/mol. The van der Waals surface area contributed by atoms with E-state index in [4.69, 9.17) is 4.74 Å². The molecule has 0 atom stereocenters. The van der Waals surface area contributed by atoms with Gasteiger partial charge in [0.05, 0.1) is 11.8 Å². The molecule has 5 heteroatoms. The molecule has 0 saturated carbocycles. The number of hydrazone groups is 1. The van der Waals surface area contributed by atoms with E-state index in [2.05, 4.69) is 10.5 Å². The summed E-state index contributed by atoms with van der Waals surface area (Å²) in [5.74, 6) is 0.377. The van der Waals surface area contributed by atoms with Crippen molar-refractivity contribution in [1.29, 1.82) is 0 Å². The van der Waals surface area contributed by atoms with Crippen molar-refractivity contribution in [3.63, 3.8) is 0 Å². The number of hydrogen-bond acceptors (Lipinski definition) is 4. The van der Waals surface area contributed by atoms with Gasteiger partial charge in [0.15, 0.2) is 0 Å². The molecular formula is C20H20N2O3. The average Bonchev–Trinajstić information content (AvgIpc) is 2.56. The molecule has 5 nitrogen and oxygen atoms in total. The number of ether oxygens (including phenoxy) is 1. The molecule has 2 N–H and O–H groups in total. The fraction of sp³-hybridized carbons (Fsp3) is 0.200. The number of amides is 1. The summed E-state index contributed by atoms with van der Waals surface area (Å²) in [6, 6.07) is 10.7. The molecule has 1 aliphatic rings. The zero-order valence-electron chi connectivity index (χ0n) is 14.4. The lowest BCUT2D eigenvalue weighted by Gasteiger charge is -2.28. The molecule has 1 aliphatic heterocycles. The molecule has 0 fully saturated rings. The molecule has 1 heterocycles. The van der Waals surface area contributed by atoms with Crippen molar-refractivity contribution < 1.29 is 14.6 Å². The summed E-state index contributed by atoms with van der Waals surface area (Å²) in [5.41, 5.74) is 4.76. The van der Waals surface area contributed by atoms with Crippen LogP contribution in [-0.4, -0.2) is 22.8 Å². The largest absolute Gasteiger partial charge is 0.506 e. The first-order chi connectivity index (χ1) is 11.9. The monoisotopic (exact) mass is 336 g/mol. The number of nitrogens with one attached hydrogen (secondary N) is 1. The number of carbonyl (C=O) groups excluding carboxylic acids is 1. The van der Waals surface area contributed by atoms with E-state index in [1.807, 2.05) is 45.1 Å². The summed E-state index contributed by atoms with van der Waals surface area (Å²) in [5, 5.41) is 14.3. The SMILES string of the molecule is Cc1ccc(C(=O)N/N=C/c2ccc3c(c2O)C=CC(C)(C)O3)cc1. The molecule has 0 unspecified atom stereocenters. The van der Waals surface area contributed by atoms with E-state index in [1.165, 1.54) is 6.21 Å². The molecule has 0 bridgehead atoms. The summed E-state index contributed by atoms with van der Waals surface area (Å²) < 4.78 is 5.80. The molecular weight excluding hydrogens is 316 g/mol. The number of fused-ring (bicyclic) bond motifs is 1. The highest BCUT2D eigenvalue weighted by Gasteiger charge is 2.24. The fourth-order valence-corrected chi connectivity index (χ4v) is 2.49. The Kier molecular flexibility index (Phi) is 4.31. The lowest BCUT2D eigenvalue weighted by atomic mass is 10.00. The number of phenolic OH excluding ortho intramolecular Hbond substituents is 1. The molecule has 1 amide bonds. The number of carbonyl (C=O) groups is 1. The minimum absolute atomic E-state index is 0.0672. The van der Waals surface area contributed by atoms with Gasteiger partial charge in [-0.2, -0.15) is 5.10 Å². The minimum atomic E-state index is -0.406. The molecule has 3 rings (SSSR count). The summed E-state index contributed by atoms with van der Waals surface area (Å²) in [6.45, 7) is 5.84. The summed E-state index contributed by atoms with van der Waals surface area (Å²) in [7, 11) is 0. The Morgan fingerprint density at radius 2 is 1.92 bits per heavy atom. The molecule has 0 aliphatic carbocycles. The summed E-state index contributed by atoms with van der Waals surface area (Å²) >= 11 is 0. The number of nitrogens with zero attached hydrogens (tertiary/aromatic N) is 1. The smallest absolute Gasteiger partial charge is 0.271 e. The van der Waals surface area contributed by atoms with E-state index in [9.17, 15) is 9.90 Å². The van der Waals surface area contributed by atoms with Gasteiger partial charge < -0.3 is 9.84 Å².